The molecule has 1 fully saturated rings. The summed E-state index contributed by atoms with van der Waals surface area (Å²) in [7, 11) is -2.40. The van der Waals surface area contributed by atoms with Crippen LogP contribution in [0.15, 0.2) is 65.7 Å². The van der Waals surface area contributed by atoms with Crippen molar-refractivity contribution >= 4 is 33.6 Å². The molecule has 2 unspecified atom stereocenters. The Bertz CT molecular complexity index is 1210. The second-order valence-corrected chi connectivity index (χ2v) is 10.3. The number of guanidine groups is 1. The highest BCUT2D eigenvalue weighted by Gasteiger charge is 2.44. The van der Waals surface area contributed by atoms with Gasteiger partial charge in [-0.3, -0.25) is 19.3 Å². The number of Topliss-reactive ketones (excluding diaryl/α,β-unsaturated/α-hetero) is 1. The number of sulfonamides is 1. The summed E-state index contributed by atoms with van der Waals surface area (Å²) in [6.07, 6.45) is 1.56. The summed E-state index contributed by atoms with van der Waals surface area (Å²) in [5.74, 6) is -2.98. The fourth-order valence-electron chi connectivity index (χ4n) is 4.09. The molecule has 4 rings (SSSR count). The molecule has 2 atom stereocenters. The average Bonchev–Trinajstić information content (AvgIpc) is 2.84. The van der Waals surface area contributed by atoms with E-state index in [-0.39, 0.29) is 18.3 Å². The minimum atomic E-state index is -3.69. The van der Waals surface area contributed by atoms with Gasteiger partial charge < -0.3 is 5.32 Å². The van der Waals surface area contributed by atoms with E-state index in [1.165, 1.54) is 7.05 Å². The molecule has 0 aliphatic carbocycles. The predicted molar refractivity (Wildman–Crippen MR) is 126 cm³/mol. The zero-order valence-corrected chi connectivity index (χ0v) is 19.6. The predicted octanol–water partition coefficient (Wildman–Crippen LogP) is 1.28. The molecule has 0 bridgehead atoms. The van der Waals surface area contributed by atoms with Crippen molar-refractivity contribution in [2.75, 3.05) is 19.3 Å². The fourth-order valence-corrected chi connectivity index (χ4v) is 5.71. The van der Waals surface area contributed by atoms with Gasteiger partial charge in [0.25, 0.3) is 17.6 Å². The first kappa shape index (κ1) is 23.6. The summed E-state index contributed by atoms with van der Waals surface area (Å²) in [4.78, 5) is 43.7. The van der Waals surface area contributed by atoms with Crippen LogP contribution in [0.5, 0.6) is 0 Å². The number of hydrogen-bond acceptors (Lipinski definition) is 6. The van der Waals surface area contributed by atoms with E-state index in [0.29, 0.717) is 19.3 Å². The number of likely N-dealkylation sites (N-methyl/N-ethyl adjacent to an activating group) is 1. The van der Waals surface area contributed by atoms with Crippen LogP contribution in [0, 0.1) is 0 Å². The first-order chi connectivity index (χ1) is 16.3. The number of ketones is 1. The maximum atomic E-state index is 13.2. The van der Waals surface area contributed by atoms with Crippen molar-refractivity contribution in [3.63, 3.8) is 0 Å². The van der Waals surface area contributed by atoms with Crippen molar-refractivity contribution in [2.24, 2.45) is 4.99 Å². The van der Waals surface area contributed by atoms with E-state index in [9.17, 15) is 22.8 Å². The molecule has 2 aromatic rings. The van der Waals surface area contributed by atoms with Crippen molar-refractivity contribution in [1.82, 2.24) is 14.5 Å². The summed E-state index contributed by atoms with van der Waals surface area (Å²) in [5.41, 5.74) is 1.81. The van der Waals surface area contributed by atoms with Gasteiger partial charge >= 0.3 is 0 Å². The van der Waals surface area contributed by atoms with Crippen molar-refractivity contribution in [1.29, 1.82) is 0 Å². The maximum Gasteiger partial charge on any atom is 0.299 e. The molecule has 0 spiro atoms. The van der Waals surface area contributed by atoms with Gasteiger partial charge in [-0.1, -0.05) is 60.7 Å². The molecule has 1 saturated heterocycles. The Kier molecular flexibility index (Phi) is 6.78. The van der Waals surface area contributed by atoms with Gasteiger partial charge in [-0.25, -0.2) is 17.7 Å². The zero-order chi connectivity index (χ0) is 24.3. The average molecular weight is 483 g/mol. The third-order valence-corrected chi connectivity index (χ3v) is 7.75. The number of carbonyl (C=O) groups excluding carboxylic acids is 3. The molecular weight excluding hydrogens is 456 g/mol. The SMILES string of the molecule is CN1C(=O)C(=O)C(C(=O)NC(Cc2ccccc2)c2ccccc2)N=C1N1CCCCS1(=O)=O. The fraction of sp³-hybridized carbons (Fsp3) is 0.333. The van der Waals surface area contributed by atoms with Gasteiger partial charge in [0.05, 0.1) is 11.8 Å². The van der Waals surface area contributed by atoms with Gasteiger partial charge in [0.1, 0.15) is 0 Å². The van der Waals surface area contributed by atoms with Crippen LogP contribution in [0.2, 0.25) is 0 Å². The lowest BCUT2D eigenvalue weighted by atomic mass is 9.98. The molecule has 0 saturated carbocycles. The summed E-state index contributed by atoms with van der Waals surface area (Å²) in [5, 5.41) is 2.86. The normalized spacial score (nSPS) is 21.1. The number of nitrogens with zero attached hydrogens (tertiary/aromatic N) is 3. The van der Waals surface area contributed by atoms with Crippen molar-refractivity contribution in [3.05, 3.63) is 71.8 Å². The molecule has 2 aliphatic rings. The molecule has 2 aromatic carbocycles. The lowest BCUT2D eigenvalue weighted by molar-refractivity contribution is -0.145. The number of carbonyl (C=O) groups is 3. The summed E-state index contributed by atoms with van der Waals surface area (Å²) in [6.45, 7) is 0.141. The monoisotopic (exact) mass is 482 g/mol. The van der Waals surface area contributed by atoms with E-state index in [2.05, 4.69) is 10.3 Å². The Balaban J connectivity index is 1.64. The standard InChI is InChI=1S/C24H26N4O5S/c1-27-23(31)21(29)20(26-24(27)28-14-8-9-15-34(28,32)33)22(30)25-19(18-12-6-3-7-13-18)16-17-10-4-2-5-11-17/h2-7,10-13,19-20H,8-9,14-16H2,1H3,(H,25,30). The van der Waals surface area contributed by atoms with Crippen molar-refractivity contribution in [3.8, 4) is 0 Å². The van der Waals surface area contributed by atoms with E-state index < -0.39 is 39.7 Å². The van der Waals surface area contributed by atoms with Crippen LogP contribution in [0.1, 0.15) is 30.0 Å². The van der Waals surface area contributed by atoms with Gasteiger partial charge in [0.15, 0.2) is 6.04 Å². The minimum Gasteiger partial charge on any atom is -0.347 e. The highest BCUT2D eigenvalue weighted by atomic mass is 32.2. The topological polar surface area (TPSA) is 116 Å². The van der Waals surface area contributed by atoms with Crippen LogP contribution in [-0.4, -0.2) is 66.6 Å². The Morgan fingerprint density at radius 3 is 2.35 bits per heavy atom. The maximum absolute atomic E-state index is 13.2. The van der Waals surface area contributed by atoms with Gasteiger partial charge in [-0.15, -0.1) is 0 Å². The van der Waals surface area contributed by atoms with E-state index >= 15 is 0 Å². The second kappa shape index (κ2) is 9.76. The molecule has 34 heavy (non-hydrogen) atoms. The smallest absolute Gasteiger partial charge is 0.299 e. The van der Waals surface area contributed by atoms with Crippen LogP contribution in [0.25, 0.3) is 0 Å². The minimum absolute atomic E-state index is 0.0774. The van der Waals surface area contributed by atoms with Gasteiger partial charge in [0, 0.05) is 13.6 Å². The zero-order valence-electron chi connectivity index (χ0n) is 18.8. The second-order valence-electron chi connectivity index (χ2n) is 8.32. The molecule has 2 aliphatic heterocycles. The quantitative estimate of drug-likeness (QED) is 0.509. The third kappa shape index (κ3) is 4.86. The first-order valence-corrected chi connectivity index (χ1v) is 12.7. The Hall–Kier alpha value is -3.53. The lowest BCUT2D eigenvalue weighted by Gasteiger charge is -2.35. The molecule has 178 valence electrons. The van der Waals surface area contributed by atoms with Crippen LogP contribution >= 0.6 is 0 Å². The number of rotatable bonds is 5. The van der Waals surface area contributed by atoms with E-state index in [0.717, 1.165) is 20.3 Å². The number of benzene rings is 2. The van der Waals surface area contributed by atoms with E-state index in [1.807, 2.05) is 60.7 Å². The third-order valence-electron chi connectivity index (χ3n) is 5.93. The summed E-state index contributed by atoms with van der Waals surface area (Å²) < 4.78 is 26.2. The van der Waals surface area contributed by atoms with Crippen LogP contribution in [-0.2, 0) is 30.8 Å². The number of aliphatic imine (C=N–C) groups is 1. The van der Waals surface area contributed by atoms with Crippen LogP contribution in [0.4, 0.5) is 0 Å². The molecule has 1 N–H and O–H groups in total. The highest BCUT2D eigenvalue weighted by Crippen LogP contribution is 2.22. The molecule has 0 aromatic heterocycles. The number of amides is 2. The molecule has 2 heterocycles. The first-order valence-electron chi connectivity index (χ1n) is 11.1. The van der Waals surface area contributed by atoms with Gasteiger partial charge in [0.2, 0.25) is 16.0 Å². The lowest BCUT2D eigenvalue weighted by Crippen LogP contribution is -2.59. The molecule has 10 heteroatoms. The Morgan fingerprint density at radius 2 is 1.71 bits per heavy atom. The number of hydrogen-bond donors (Lipinski definition) is 1. The number of nitrogens with one attached hydrogen (secondary N) is 1. The molecule has 2 amide bonds. The molecule has 0 radical (unpaired) electrons. The van der Waals surface area contributed by atoms with E-state index in [4.69, 9.17) is 0 Å². The Morgan fingerprint density at radius 1 is 1.06 bits per heavy atom. The molecular formula is C24H26N4O5S. The largest absolute Gasteiger partial charge is 0.347 e. The summed E-state index contributed by atoms with van der Waals surface area (Å²) >= 11 is 0. The van der Waals surface area contributed by atoms with Crippen LogP contribution in [0.3, 0.4) is 0 Å². The van der Waals surface area contributed by atoms with Gasteiger partial charge in [-0.05, 0) is 30.4 Å². The highest BCUT2D eigenvalue weighted by molar-refractivity contribution is 7.89. The van der Waals surface area contributed by atoms with Gasteiger partial charge in [-0.2, -0.15) is 0 Å². The van der Waals surface area contributed by atoms with Crippen LogP contribution < -0.4 is 5.32 Å². The Labute approximate surface area is 198 Å². The summed E-state index contributed by atoms with van der Waals surface area (Å²) in [6, 6.07) is 16.7. The molecule has 9 nitrogen and oxygen atoms in total. The van der Waals surface area contributed by atoms with E-state index in [1.54, 1.807) is 0 Å². The van der Waals surface area contributed by atoms with Crippen molar-refractivity contribution in [2.45, 2.75) is 31.3 Å². The van der Waals surface area contributed by atoms with Crippen molar-refractivity contribution < 1.29 is 22.8 Å².